The molecular formula is C14H23N3O3. The lowest BCUT2D eigenvalue weighted by Gasteiger charge is -2.38. The molecule has 2 rings (SSSR count). The van der Waals surface area contributed by atoms with Crippen molar-refractivity contribution in [2.24, 2.45) is 0 Å². The number of rotatable bonds is 2. The van der Waals surface area contributed by atoms with Gasteiger partial charge in [-0.1, -0.05) is 6.08 Å². The zero-order chi connectivity index (χ0) is 15.1. The summed E-state index contributed by atoms with van der Waals surface area (Å²) < 4.78 is 0. The lowest BCUT2D eigenvalue weighted by molar-refractivity contribution is -0.186. The molecule has 112 valence electrons. The van der Waals surface area contributed by atoms with Crippen LogP contribution in [0.1, 0.15) is 27.7 Å². The van der Waals surface area contributed by atoms with Crippen molar-refractivity contribution in [1.82, 2.24) is 14.9 Å². The van der Waals surface area contributed by atoms with Crippen molar-refractivity contribution in [3.8, 4) is 0 Å². The maximum atomic E-state index is 12.7. The summed E-state index contributed by atoms with van der Waals surface area (Å²) >= 11 is 0. The van der Waals surface area contributed by atoms with Gasteiger partial charge in [0.1, 0.15) is 0 Å². The summed E-state index contributed by atoms with van der Waals surface area (Å²) in [4.78, 5) is 26.8. The van der Waals surface area contributed by atoms with E-state index in [1.165, 1.54) is 5.06 Å². The first-order chi connectivity index (χ1) is 9.20. The molecule has 0 saturated carbocycles. The Morgan fingerprint density at radius 2 is 1.75 bits per heavy atom. The molecule has 0 aromatic rings. The third-order valence-corrected chi connectivity index (χ3v) is 4.21. The van der Waals surface area contributed by atoms with Gasteiger partial charge in [0.05, 0.1) is 11.1 Å². The van der Waals surface area contributed by atoms with Crippen LogP contribution in [0.25, 0.3) is 0 Å². The molecule has 1 saturated heterocycles. The summed E-state index contributed by atoms with van der Waals surface area (Å²) in [6.07, 6.45) is 2.65. The van der Waals surface area contributed by atoms with Gasteiger partial charge in [0, 0.05) is 31.8 Å². The van der Waals surface area contributed by atoms with E-state index < -0.39 is 11.1 Å². The second-order valence-corrected chi connectivity index (χ2v) is 6.52. The quantitative estimate of drug-likeness (QED) is 0.748. The van der Waals surface area contributed by atoms with E-state index in [-0.39, 0.29) is 5.91 Å². The van der Waals surface area contributed by atoms with Gasteiger partial charge >= 0.3 is 0 Å². The minimum Gasteiger partial charge on any atom is -0.342 e. The van der Waals surface area contributed by atoms with Crippen LogP contribution in [0.2, 0.25) is 0 Å². The average Bonchev–Trinajstić information content (AvgIpc) is 2.58. The number of piperazine rings is 1. The Balaban J connectivity index is 2.16. The SMILES string of the molecule is CC1(C)C=C(C(=O)N2CCN(C=O)CC2)C(C)(C)N1O. The number of hydrogen-bond acceptors (Lipinski definition) is 4. The minimum atomic E-state index is -0.706. The highest BCUT2D eigenvalue weighted by atomic mass is 16.5. The highest BCUT2D eigenvalue weighted by molar-refractivity contribution is 5.96. The molecule has 0 aromatic heterocycles. The van der Waals surface area contributed by atoms with E-state index in [4.69, 9.17) is 0 Å². The molecule has 6 heteroatoms. The van der Waals surface area contributed by atoms with Crippen LogP contribution in [0.15, 0.2) is 11.6 Å². The van der Waals surface area contributed by atoms with Crippen molar-refractivity contribution < 1.29 is 14.8 Å². The first-order valence-corrected chi connectivity index (χ1v) is 6.91. The van der Waals surface area contributed by atoms with Crippen LogP contribution in [0, 0.1) is 0 Å². The van der Waals surface area contributed by atoms with Gasteiger partial charge in [-0.25, -0.2) is 0 Å². The summed E-state index contributed by atoms with van der Waals surface area (Å²) in [5, 5.41) is 11.5. The van der Waals surface area contributed by atoms with E-state index in [1.807, 2.05) is 33.8 Å². The molecule has 0 atom stereocenters. The van der Waals surface area contributed by atoms with Crippen LogP contribution < -0.4 is 0 Å². The summed E-state index contributed by atoms with van der Waals surface area (Å²) in [6, 6.07) is 0. The summed E-state index contributed by atoms with van der Waals surface area (Å²) in [5.41, 5.74) is -0.647. The van der Waals surface area contributed by atoms with E-state index in [2.05, 4.69) is 0 Å². The monoisotopic (exact) mass is 281 g/mol. The summed E-state index contributed by atoms with van der Waals surface area (Å²) in [7, 11) is 0. The molecule has 1 fully saturated rings. The maximum Gasteiger partial charge on any atom is 0.251 e. The molecule has 0 aliphatic carbocycles. The van der Waals surface area contributed by atoms with E-state index in [0.29, 0.717) is 31.8 Å². The number of carbonyl (C=O) groups is 2. The van der Waals surface area contributed by atoms with Crippen molar-refractivity contribution in [2.75, 3.05) is 26.2 Å². The number of hydroxylamine groups is 2. The zero-order valence-electron chi connectivity index (χ0n) is 12.6. The molecular weight excluding hydrogens is 258 g/mol. The fourth-order valence-electron chi connectivity index (χ4n) is 2.95. The fourth-order valence-corrected chi connectivity index (χ4v) is 2.95. The number of hydrogen-bond donors (Lipinski definition) is 1. The average molecular weight is 281 g/mol. The number of carbonyl (C=O) groups excluding carboxylic acids is 2. The van der Waals surface area contributed by atoms with Crippen LogP contribution in [-0.2, 0) is 9.59 Å². The van der Waals surface area contributed by atoms with Crippen LogP contribution in [0.4, 0.5) is 0 Å². The second kappa shape index (κ2) is 4.86. The van der Waals surface area contributed by atoms with Crippen molar-refractivity contribution in [2.45, 2.75) is 38.8 Å². The Kier molecular flexibility index (Phi) is 3.64. The molecule has 20 heavy (non-hydrogen) atoms. The third-order valence-electron chi connectivity index (χ3n) is 4.21. The van der Waals surface area contributed by atoms with E-state index in [0.717, 1.165) is 6.41 Å². The van der Waals surface area contributed by atoms with Crippen LogP contribution >= 0.6 is 0 Å². The molecule has 0 unspecified atom stereocenters. The first kappa shape index (κ1) is 15.0. The predicted molar refractivity (Wildman–Crippen MR) is 74.1 cm³/mol. The maximum absolute atomic E-state index is 12.7. The van der Waals surface area contributed by atoms with Gasteiger partial charge in [-0.05, 0) is 27.7 Å². The third kappa shape index (κ3) is 2.33. The summed E-state index contributed by atoms with van der Waals surface area (Å²) in [6.45, 7) is 9.64. The fraction of sp³-hybridized carbons (Fsp3) is 0.714. The predicted octanol–water partition coefficient (Wildman–Crippen LogP) is 0.475. The van der Waals surface area contributed by atoms with Gasteiger partial charge < -0.3 is 15.0 Å². The van der Waals surface area contributed by atoms with E-state index >= 15 is 0 Å². The highest BCUT2D eigenvalue weighted by Crippen LogP contribution is 2.39. The van der Waals surface area contributed by atoms with Crippen molar-refractivity contribution in [3.05, 3.63) is 11.6 Å². The smallest absolute Gasteiger partial charge is 0.251 e. The zero-order valence-corrected chi connectivity index (χ0v) is 12.6. The minimum absolute atomic E-state index is 0.0508. The van der Waals surface area contributed by atoms with Gasteiger partial charge in [0.15, 0.2) is 0 Å². The standard InChI is InChI=1S/C14H23N3O3/c1-13(2)9-11(14(3,4)17(13)20)12(19)16-7-5-15(10-18)6-8-16/h9-10,20H,5-8H2,1-4H3. The Bertz CT molecular complexity index is 449. The van der Waals surface area contributed by atoms with Gasteiger partial charge in [-0.3, -0.25) is 9.59 Å². The summed E-state index contributed by atoms with van der Waals surface area (Å²) in [5.74, 6) is -0.0508. The van der Waals surface area contributed by atoms with Gasteiger partial charge in [0.2, 0.25) is 6.41 Å². The van der Waals surface area contributed by atoms with Gasteiger partial charge in [-0.2, -0.15) is 5.06 Å². The molecule has 2 amide bonds. The molecule has 6 nitrogen and oxygen atoms in total. The Labute approximate surface area is 119 Å². The van der Waals surface area contributed by atoms with E-state index in [9.17, 15) is 14.8 Å². The van der Waals surface area contributed by atoms with Crippen molar-refractivity contribution >= 4 is 12.3 Å². The highest BCUT2D eigenvalue weighted by Gasteiger charge is 2.48. The molecule has 2 aliphatic heterocycles. The van der Waals surface area contributed by atoms with Gasteiger partial charge in [0.25, 0.3) is 5.91 Å². The molecule has 0 spiro atoms. The Morgan fingerprint density at radius 1 is 1.20 bits per heavy atom. The lowest BCUT2D eigenvalue weighted by Crippen LogP contribution is -2.52. The molecule has 1 N–H and O–H groups in total. The lowest BCUT2D eigenvalue weighted by atomic mass is 9.95. The molecule has 0 bridgehead atoms. The Hall–Kier alpha value is -1.40. The molecule has 2 heterocycles. The van der Waals surface area contributed by atoms with E-state index in [1.54, 1.807) is 9.80 Å². The first-order valence-electron chi connectivity index (χ1n) is 6.91. The molecule has 2 aliphatic rings. The Morgan fingerprint density at radius 3 is 2.15 bits per heavy atom. The van der Waals surface area contributed by atoms with Crippen LogP contribution in [0.5, 0.6) is 0 Å². The number of nitrogens with zero attached hydrogens (tertiary/aromatic N) is 3. The van der Waals surface area contributed by atoms with Gasteiger partial charge in [-0.15, -0.1) is 0 Å². The number of amides is 2. The van der Waals surface area contributed by atoms with Crippen molar-refractivity contribution in [1.29, 1.82) is 0 Å². The second-order valence-electron chi connectivity index (χ2n) is 6.52. The van der Waals surface area contributed by atoms with Crippen LogP contribution in [-0.4, -0.2) is 69.6 Å². The van der Waals surface area contributed by atoms with Crippen molar-refractivity contribution in [3.63, 3.8) is 0 Å². The van der Waals surface area contributed by atoms with Crippen LogP contribution in [0.3, 0.4) is 0 Å². The molecule has 0 radical (unpaired) electrons. The topological polar surface area (TPSA) is 64.1 Å². The molecule has 0 aromatic carbocycles. The largest absolute Gasteiger partial charge is 0.342 e. The normalized spacial score (nSPS) is 25.6.